The lowest BCUT2D eigenvalue weighted by atomic mass is 9.80. The van der Waals surface area contributed by atoms with Gasteiger partial charge in [-0.1, -0.05) is 46.5 Å². The fourth-order valence-electron chi connectivity index (χ4n) is 4.11. The average molecular weight is 300 g/mol. The van der Waals surface area contributed by atoms with E-state index in [0.29, 0.717) is 5.41 Å². The highest BCUT2D eigenvalue weighted by atomic mass is 32.1. The van der Waals surface area contributed by atoms with Crippen molar-refractivity contribution in [3.05, 3.63) is 0 Å². The molecule has 0 radical (unpaired) electrons. The van der Waals surface area contributed by atoms with Gasteiger partial charge in [0.1, 0.15) is 0 Å². The van der Waals surface area contributed by atoms with Gasteiger partial charge >= 0.3 is 0 Å². The summed E-state index contributed by atoms with van der Waals surface area (Å²) in [6.07, 6.45) is 12.4. The van der Waals surface area contributed by atoms with E-state index in [1.165, 1.54) is 77.4 Å². The smallest absolute Gasteiger partial charge is 0.00458 e. The van der Waals surface area contributed by atoms with E-state index in [2.05, 4.69) is 25.7 Å². The summed E-state index contributed by atoms with van der Waals surface area (Å²) in [7, 11) is 0. The van der Waals surface area contributed by atoms with E-state index in [-0.39, 0.29) is 0 Å². The molecule has 120 valence electrons. The molecule has 1 aliphatic heterocycles. The van der Waals surface area contributed by atoms with Crippen LogP contribution < -0.4 is 0 Å². The standard InChI is InChI=1S/C18H37NS/c1-4-8-17-9-7-13-19(14-10-17)15-18(16-20,11-5-2)12-6-3/h17,20H,4-16H2,1-3H3. The van der Waals surface area contributed by atoms with E-state index >= 15 is 0 Å². The Balaban J connectivity index is 2.55. The van der Waals surface area contributed by atoms with Gasteiger partial charge in [-0.15, -0.1) is 0 Å². The first-order chi connectivity index (χ1) is 9.69. The summed E-state index contributed by atoms with van der Waals surface area (Å²) >= 11 is 4.72. The number of rotatable bonds is 9. The summed E-state index contributed by atoms with van der Waals surface area (Å²) in [5.74, 6) is 2.05. The number of likely N-dealkylation sites (tertiary alicyclic amines) is 1. The summed E-state index contributed by atoms with van der Waals surface area (Å²) in [5, 5.41) is 0. The molecule has 1 nitrogen and oxygen atoms in total. The number of thiol groups is 1. The largest absolute Gasteiger partial charge is 0.303 e. The zero-order valence-electron chi connectivity index (χ0n) is 14.2. The lowest BCUT2D eigenvalue weighted by Gasteiger charge is -2.37. The maximum Gasteiger partial charge on any atom is 0.00458 e. The Bertz CT molecular complexity index is 236. The first-order valence-corrected chi connectivity index (χ1v) is 9.66. The summed E-state index contributed by atoms with van der Waals surface area (Å²) < 4.78 is 0. The van der Waals surface area contributed by atoms with Crippen LogP contribution in [0.2, 0.25) is 0 Å². The van der Waals surface area contributed by atoms with Crippen molar-refractivity contribution in [3.63, 3.8) is 0 Å². The maximum absolute atomic E-state index is 4.72. The van der Waals surface area contributed by atoms with Crippen LogP contribution in [0, 0.1) is 11.3 Å². The van der Waals surface area contributed by atoms with Crippen LogP contribution in [0.1, 0.15) is 78.6 Å². The van der Waals surface area contributed by atoms with Gasteiger partial charge in [-0.25, -0.2) is 0 Å². The lowest BCUT2D eigenvalue weighted by molar-refractivity contribution is 0.148. The summed E-state index contributed by atoms with van der Waals surface area (Å²) in [6, 6.07) is 0. The predicted octanol–water partition coefficient (Wildman–Crippen LogP) is 5.41. The van der Waals surface area contributed by atoms with Gasteiger partial charge in [-0.05, 0) is 62.3 Å². The molecule has 0 amide bonds. The van der Waals surface area contributed by atoms with Crippen molar-refractivity contribution >= 4 is 12.6 Å². The predicted molar refractivity (Wildman–Crippen MR) is 94.8 cm³/mol. The van der Waals surface area contributed by atoms with Gasteiger partial charge in [0.15, 0.2) is 0 Å². The SMILES string of the molecule is CCCC1CCCN(CC(CS)(CCC)CCC)CC1. The maximum atomic E-state index is 4.72. The van der Waals surface area contributed by atoms with Crippen LogP contribution in [0.15, 0.2) is 0 Å². The highest BCUT2D eigenvalue weighted by Crippen LogP contribution is 2.33. The van der Waals surface area contributed by atoms with Gasteiger partial charge in [0, 0.05) is 6.54 Å². The van der Waals surface area contributed by atoms with Gasteiger partial charge in [-0.3, -0.25) is 0 Å². The molecule has 1 fully saturated rings. The molecule has 0 N–H and O–H groups in total. The van der Waals surface area contributed by atoms with E-state index in [9.17, 15) is 0 Å². The van der Waals surface area contributed by atoms with Gasteiger partial charge < -0.3 is 4.90 Å². The number of hydrogen-bond acceptors (Lipinski definition) is 2. The van der Waals surface area contributed by atoms with Crippen LogP contribution in [0.3, 0.4) is 0 Å². The average Bonchev–Trinajstić information content (AvgIpc) is 2.65. The van der Waals surface area contributed by atoms with Gasteiger partial charge in [0.05, 0.1) is 0 Å². The van der Waals surface area contributed by atoms with Crippen molar-refractivity contribution in [2.45, 2.75) is 78.6 Å². The molecule has 0 spiro atoms. The Hall–Kier alpha value is 0.310. The molecule has 1 heterocycles. The van der Waals surface area contributed by atoms with Crippen LogP contribution in [0.25, 0.3) is 0 Å². The molecule has 1 aliphatic rings. The number of nitrogens with zero attached hydrogens (tertiary/aromatic N) is 1. The van der Waals surface area contributed by atoms with Crippen LogP contribution in [-0.2, 0) is 0 Å². The first-order valence-electron chi connectivity index (χ1n) is 9.03. The lowest BCUT2D eigenvalue weighted by Crippen LogP contribution is -2.39. The van der Waals surface area contributed by atoms with Crippen LogP contribution in [0.4, 0.5) is 0 Å². The minimum absolute atomic E-state index is 0.469. The Morgan fingerprint density at radius 3 is 2.25 bits per heavy atom. The third-order valence-electron chi connectivity index (χ3n) is 5.09. The fourth-order valence-corrected chi connectivity index (χ4v) is 4.52. The Kier molecular flexibility index (Phi) is 9.28. The summed E-state index contributed by atoms with van der Waals surface area (Å²) in [4.78, 5) is 2.76. The van der Waals surface area contributed by atoms with Crippen molar-refractivity contribution in [1.29, 1.82) is 0 Å². The second kappa shape index (κ2) is 10.1. The van der Waals surface area contributed by atoms with Crippen molar-refractivity contribution in [1.82, 2.24) is 4.90 Å². The monoisotopic (exact) mass is 299 g/mol. The van der Waals surface area contributed by atoms with E-state index in [4.69, 9.17) is 12.6 Å². The molecule has 0 aromatic heterocycles. The van der Waals surface area contributed by atoms with E-state index in [1.807, 2.05) is 0 Å². The van der Waals surface area contributed by atoms with Gasteiger partial charge in [0.2, 0.25) is 0 Å². The van der Waals surface area contributed by atoms with Gasteiger partial charge in [-0.2, -0.15) is 12.6 Å². The Labute approximate surface area is 133 Å². The molecular formula is C18H37NS. The quantitative estimate of drug-likeness (QED) is 0.557. The zero-order valence-corrected chi connectivity index (χ0v) is 15.1. The molecule has 0 aliphatic carbocycles. The molecule has 0 saturated carbocycles. The molecule has 1 rings (SSSR count). The molecule has 0 aromatic rings. The van der Waals surface area contributed by atoms with Crippen molar-refractivity contribution in [3.8, 4) is 0 Å². The third-order valence-corrected chi connectivity index (χ3v) is 5.76. The summed E-state index contributed by atoms with van der Waals surface area (Å²) in [6.45, 7) is 10.9. The second-order valence-electron chi connectivity index (χ2n) is 7.02. The van der Waals surface area contributed by atoms with Crippen molar-refractivity contribution in [2.75, 3.05) is 25.4 Å². The van der Waals surface area contributed by atoms with E-state index in [1.54, 1.807) is 0 Å². The second-order valence-corrected chi connectivity index (χ2v) is 7.34. The zero-order chi connectivity index (χ0) is 14.8. The summed E-state index contributed by atoms with van der Waals surface area (Å²) in [5.41, 5.74) is 0.469. The molecule has 2 heteroatoms. The number of hydrogen-bond donors (Lipinski definition) is 1. The fraction of sp³-hybridized carbons (Fsp3) is 1.00. The minimum atomic E-state index is 0.469. The molecule has 1 atom stereocenters. The van der Waals surface area contributed by atoms with Crippen LogP contribution >= 0.6 is 12.6 Å². The third kappa shape index (κ3) is 5.97. The molecule has 1 saturated heterocycles. The molecule has 0 aromatic carbocycles. The van der Waals surface area contributed by atoms with E-state index < -0.39 is 0 Å². The minimum Gasteiger partial charge on any atom is -0.303 e. The topological polar surface area (TPSA) is 3.24 Å². The van der Waals surface area contributed by atoms with Crippen molar-refractivity contribution < 1.29 is 0 Å². The normalized spacial score (nSPS) is 21.9. The molecular weight excluding hydrogens is 262 g/mol. The first kappa shape index (κ1) is 18.4. The molecule has 1 unspecified atom stereocenters. The van der Waals surface area contributed by atoms with Crippen molar-refractivity contribution in [2.24, 2.45) is 11.3 Å². The highest BCUT2D eigenvalue weighted by molar-refractivity contribution is 7.80. The highest BCUT2D eigenvalue weighted by Gasteiger charge is 2.30. The van der Waals surface area contributed by atoms with Crippen LogP contribution in [-0.4, -0.2) is 30.3 Å². The van der Waals surface area contributed by atoms with E-state index in [0.717, 1.165) is 11.7 Å². The Morgan fingerprint density at radius 2 is 1.70 bits per heavy atom. The van der Waals surface area contributed by atoms with Gasteiger partial charge in [0.25, 0.3) is 0 Å². The van der Waals surface area contributed by atoms with Crippen LogP contribution in [0.5, 0.6) is 0 Å². The Morgan fingerprint density at radius 1 is 1.00 bits per heavy atom. The molecule has 0 bridgehead atoms. The molecule has 20 heavy (non-hydrogen) atoms.